The molecule has 0 aliphatic carbocycles. The second kappa shape index (κ2) is 5.91. The van der Waals surface area contributed by atoms with E-state index in [0.717, 1.165) is 5.56 Å². The largest absolute Gasteiger partial charge is 2.00 e. The molecule has 0 heterocycles. The van der Waals surface area contributed by atoms with Crippen molar-refractivity contribution in [1.29, 1.82) is 0 Å². The van der Waals surface area contributed by atoms with Gasteiger partial charge in [0, 0.05) is 0 Å². The zero-order chi connectivity index (χ0) is 5.11. The minimum Gasteiger partial charge on any atom is -0.358 e. The minimum absolute atomic E-state index is 0. The number of rotatable bonds is 0. The van der Waals surface area contributed by atoms with E-state index in [2.05, 4.69) is 6.92 Å². The van der Waals surface area contributed by atoms with E-state index in [1.165, 1.54) is 0 Å². The molecule has 0 nitrogen and oxygen atoms in total. The van der Waals surface area contributed by atoms with Crippen molar-refractivity contribution >= 4 is 0 Å². The van der Waals surface area contributed by atoms with Crippen LogP contribution in [0.25, 0.3) is 0 Å². The van der Waals surface area contributed by atoms with Crippen LogP contribution in [0.3, 0.4) is 0 Å². The molecular weight excluding hydrogens is 280 g/mol. The normalized spacial score (nSPS) is 6.67. The van der Waals surface area contributed by atoms with Crippen molar-refractivity contribution in [2.45, 2.75) is 0 Å². The van der Waals surface area contributed by atoms with E-state index in [0.29, 0.717) is 0 Å². The first-order valence-corrected chi connectivity index (χ1v) is 2.26. The fraction of sp³-hybridized carbons (Fsp3) is 0. The maximum Gasteiger partial charge on any atom is 2.00 e. The predicted molar refractivity (Wildman–Crippen MR) is 37.3 cm³/mol. The summed E-state index contributed by atoms with van der Waals surface area (Å²) in [5, 5.41) is 0. The molecule has 1 rings (SSSR count). The van der Waals surface area contributed by atoms with E-state index < -0.39 is 0 Å². The molecule has 0 saturated heterocycles. The van der Waals surface area contributed by atoms with E-state index in [-0.39, 0.29) is 28.5 Å². The third kappa shape index (κ3) is 4.29. The van der Waals surface area contributed by atoms with Crippen LogP contribution in [0, 0.1) is 14.4 Å². The van der Waals surface area contributed by atoms with Crippen LogP contribution in [0.1, 0.15) is 5.56 Å². The fourth-order valence-electron chi connectivity index (χ4n) is 0.478. The third-order valence-electron chi connectivity index (χ3n) is 0.843. The molecule has 0 atom stereocenters. The van der Waals surface area contributed by atoms with E-state index in [9.17, 15) is 0 Å². The number of hydrogen-bond acceptors (Lipinski definition) is 0. The van der Waals surface area contributed by atoms with Crippen molar-refractivity contribution in [3.8, 4) is 0 Å². The predicted octanol–water partition coefficient (Wildman–Crippen LogP) is 2.32. The molecule has 0 unspecified atom stereocenters. The van der Waals surface area contributed by atoms with Crippen LogP contribution in [0.4, 0.5) is 0 Å². The van der Waals surface area contributed by atoms with Gasteiger partial charge in [-0.2, -0.15) is 24.6 Å². The Morgan fingerprint density at radius 2 is 1.44 bits per heavy atom. The summed E-state index contributed by atoms with van der Waals surface area (Å²) in [6, 6.07) is 9.87. The SMILES string of the molecule is [CH2-]c1ccccc1.[CH3-].[W+2]. The summed E-state index contributed by atoms with van der Waals surface area (Å²) in [6.07, 6.45) is 0. The smallest absolute Gasteiger partial charge is 0.358 e. The monoisotopic (exact) mass is 290 g/mol. The Morgan fingerprint density at radius 1 is 1.00 bits per heavy atom. The van der Waals surface area contributed by atoms with Gasteiger partial charge in [0.25, 0.3) is 0 Å². The molecule has 0 spiro atoms. The van der Waals surface area contributed by atoms with Gasteiger partial charge in [-0.05, 0) is 0 Å². The summed E-state index contributed by atoms with van der Waals surface area (Å²) < 4.78 is 0. The molecule has 0 saturated carbocycles. The molecule has 1 aromatic rings. The number of hydrogen-bond donors (Lipinski definition) is 0. The Morgan fingerprint density at radius 3 is 1.67 bits per heavy atom. The Bertz CT molecular complexity index is 134. The van der Waals surface area contributed by atoms with Crippen LogP contribution in [0.5, 0.6) is 0 Å². The van der Waals surface area contributed by atoms with Gasteiger partial charge in [0.05, 0.1) is 0 Å². The Labute approximate surface area is 71.6 Å². The van der Waals surface area contributed by atoms with Crippen molar-refractivity contribution < 1.29 is 21.1 Å². The fourth-order valence-corrected chi connectivity index (χ4v) is 0.478. The Balaban J connectivity index is 0. The molecule has 0 aromatic heterocycles. The molecular formula is C8H10W. The maximum absolute atomic E-state index is 3.72. The summed E-state index contributed by atoms with van der Waals surface area (Å²) in [7, 11) is 0. The summed E-state index contributed by atoms with van der Waals surface area (Å²) in [5.41, 5.74) is 1.07. The Hall–Kier alpha value is -0.222. The second-order valence-electron chi connectivity index (χ2n) is 1.49. The van der Waals surface area contributed by atoms with Gasteiger partial charge >= 0.3 is 21.1 Å². The second-order valence-corrected chi connectivity index (χ2v) is 1.49. The van der Waals surface area contributed by atoms with E-state index in [1.54, 1.807) is 0 Å². The molecule has 48 valence electrons. The average Bonchev–Trinajstić information content (AvgIpc) is 1.69. The minimum atomic E-state index is 0. The van der Waals surface area contributed by atoms with Crippen molar-refractivity contribution in [1.82, 2.24) is 0 Å². The third-order valence-corrected chi connectivity index (χ3v) is 0.843. The van der Waals surface area contributed by atoms with E-state index in [4.69, 9.17) is 0 Å². The summed E-state index contributed by atoms with van der Waals surface area (Å²) in [6.45, 7) is 3.72. The molecule has 1 aromatic carbocycles. The molecule has 0 N–H and O–H groups in total. The van der Waals surface area contributed by atoms with Gasteiger partial charge in [-0.25, -0.2) is 0 Å². The molecule has 0 amide bonds. The van der Waals surface area contributed by atoms with Gasteiger partial charge in [-0.3, -0.25) is 0 Å². The van der Waals surface area contributed by atoms with Gasteiger partial charge in [-0.15, -0.1) is 12.1 Å². The summed E-state index contributed by atoms with van der Waals surface area (Å²) in [4.78, 5) is 0. The molecule has 1 heteroatoms. The first-order valence-electron chi connectivity index (χ1n) is 2.26. The van der Waals surface area contributed by atoms with E-state index in [1.807, 2.05) is 30.3 Å². The number of benzene rings is 1. The maximum atomic E-state index is 3.72. The van der Waals surface area contributed by atoms with E-state index >= 15 is 0 Å². The van der Waals surface area contributed by atoms with Crippen LogP contribution < -0.4 is 0 Å². The van der Waals surface area contributed by atoms with Crippen LogP contribution >= 0.6 is 0 Å². The molecule has 9 heavy (non-hydrogen) atoms. The standard InChI is InChI=1S/C7H7.CH3.W/c1-7-5-3-2-4-6-7;;/h2-6H,1H2;1H3;/q2*-1;+2. The van der Waals surface area contributed by atoms with Crippen LogP contribution in [-0.4, -0.2) is 0 Å². The molecule has 0 aliphatic rings. The first-order chi connectivity index (χ1) is 3.39. The Kier molecular flexibility index (Phi) is 7.59. The van der Waals surface area contributed by atoms with Crippen LogP contribution in [0.2, 0.25) is 0 Å². The quantitative estimate of drug-likeness (QED) is 0.643. The van der Waals surface area contributed by atoms with Gasteiger partial charge in [0.1, 0.15) is 0 Å². The van der Waals surface area contributed by atoms with Crippen molar-refractivity contribution in [3.05, 3.63) is 50.2 Å². The molecule has 0 bridgehead atoms. The van der Waals surface area contributed by atoms with Gasteiger partial charge in [0.15, 0.2) is 0 Å². The van der Waals surface area contributed by atoms with Crippen molar-refractivity contribution in [2.75, 3.05) is 0 Å². The topological polar surface area (TPSA) is 0 Å². The first kappa shape index (κ1) is 11.6. The van der Waals surface area contributed by atoms with Gasteiger partial charge < -0.3 is 7.43 Å². The molecule has 0 aliphatic heterocycles. The molecule has 0 fully saturated rings. The summed E-state index contributed by atoms with van der Waals surface area (Å²) in [5.74, 6) is 0. The van der Waals surface area contributed by atoms with Crippen LogP contribution in [0.15, 0.2) is 30.3 Å². The zero-order valence-corrected chi connectivity index (χ0v) is 8.44. The van der Waals surface area contributed by atoms with Crippen molar-refractivity contribution in [3.63, 3.8) is 0 Å². The zero-order valence-electron chi connectivity index (χ0n) is 5.50. The molecule has 0 radical (unpaired) electrons. The van der Waals surface area contributed by atoms with Crippen molar-refractivity contribution in [2.24, 2.45) is 0 Å². The van der Waals surface area contributed by atoms with Gasteiger partial charge in [0.2, 0.25) is 0 Å². The van der Waals surface area contributed by atoms with Gasteiger partial charge in [-0.1, -0.05) is 6.07 Å². The summed E-state index contributed by atoms with van der Waals surface area (Å²) >= 11 is 0. The van der Waals surface area contributed by atoms with Crippen LogP contribution in [-0.2, 0) is 21.1 Å². The average molecular weight is 290 g/mol.